The van der Waals surface area contributed by atoms with Gasteiger partial charge >= 0.3 is 0 Å². The molecule has 0 aliphatic carbocycles. The van der Waals surface area contributed by atoms with E-state index < -0.39 is 0 Å². The first-order valence-electron chi connectivity index (χ1n) is 5.40. The second-order valence-electron chi connectivity index (χ2n) is 4.41. The van der Waals surface area contributed by atoms with Gasteiger partial charge in [0.1, 0.15) is 0 Å². The van der Waals surface area contributed by atoms with Crippen molar-refractivity contribution >= 4 is 17.4 Å². The molecule has 0 spiro atoms. The predicted molar refractivity (Wildman–Crippen MR) is 62.2 cm³/mol. The quantitative estimate of drug-likeness (QED) is 0.775. The molecule has 0 N–H and O–H groups in total. The average Bonchev–Trinajstić information content (AvgIpc) is 2.67. The maximum absolute atomic E-state index is 6.02. The van der Waals surface area contributed by atoms with E-state index in [2.05, 4.69) is 28.7 Å². The monoisotopic (exact) mass is 225 g/mol. The van der Waals surface area contributed by atoms with Gasteiger partial charge in [0.15, 0.2) is 11.0 Å². The SMILES string of the molecule is CC(C)C1CCN(c2nccnc2Cl)C1. The summed E-state index contributed by atoms with van der Waals surface area (Å²) < 4.78 is 0. The van der Waals surface area contributed by atoms with E-state index in [1.54, 1.807) is 12.4 Å². The molecule has 0 saturated carbocycles. The number of rotatable bonds is 2. The molecule has 1 aromatic heterocycles. The Morgan fingerprint density at radius 3 is 2.73 bits per heavy atom. The van der Waals surface area contributed by atoms with E-state index in [4.69, 9.17) is 11.6 Å². The third kappa shape index (κ3) is 2.23. The highest BCUT2D eigenvalue weighted by atomic mass is 35.5. The van der Waals surface area contributed by atoms with E-state index in [1.807, 2.05) is 0 Å². The van der Waals surface area contributed by atoms with E-state index >= 15 is 0 Å². The molecule has 4 heteroatoms. The summed E-state index contributed by atoms with van der Waals surface area (Å²) in [6, 6.07) is 0. The van der Waals surface area contributed by atoms with Crippen LogP contribution in [0, 0.1) is 11.8 Å². The van der Waals surface area contributed by atoms with E-state index in [9.17, 15) is 0 Å². The maximum Gasteiger partial charge on any atom is 0.171 e. The van der Waals surface area contributed by atoms with Gasteiger partial charge in [0, 0.05) is 25.5 Å². The molecule has 2 rings (SSSR count). The fraction of sp³-hybridized carbons (Fsp3) is 0.636. The molecule has 1 atom stereocenters. The van der Waals surface area contributed by atoms with Crippen LogP contribution in [0.25, 0.3) is 0 Å². The molecule has 1 unspecified atom stereocenters. The number of aromatic nitrogens is 2. The van der Waals surface area contributed by atoms with Crippen molar-refractivity contribution in [1.82, 2.24) is 9.97 Å². The summed E-state index contributed by atoms with van der Waals surface area (Å²) >= 11 is 6.02. The standard InChI is InChI=1S/C11H16ClN3/c1-8(2)9-3-6-15(7-9)11-10(12)13-4-5-14-11/h4-5,8-9H,3,6-7H2,1-2H3. The van der Waals surface area contributed by atoms with Crippen molar-refractivity contribution in [3.63, 3.8) is 0 Å². The smallest absolute Gasteiger partial charge is 0.171 e. The minimum atomic E-state index is 0.516. The van der Waals surface area contributed by atoms with Gasteiger partial charge in [-0.1, -0.05) is 25.4 Å². The number of anilines is 1. The highest BCUT2D eigenvalue weighted by molar-refractivity contribution is 6.31. The minimum Gasteiger partial charge on any atom is -0.354 e. The third-order valence-electron chi connectivity index (χ3n) is 3.10. The van der Waals surface area contributed by atoms with Gasteiger partial charge in [0.05, 0.1) is 0 Å². The molecule has 1 aromatic rings. The Kier molecular flexibility index (Phi) is 3.10. The Hall–Kier alpha value is -0.830. The van der Waals surface area contributed by atoms with Crippen molar-refractivity contribution in [2.45, 2.75) is 20.3 Å². The van der Waals surface area contributed by atoms with Crippen LogP contribution >= 0.6 is 11.6 Å². The Bertz CT molecular complexity index is 340. The first kappa shape index (κ1) is 10.7. The van der Waals surface area contributed by atoms with Crippen molar-refractivity contribution in [2.24, 2.45) is 11.8 Å². The molecule has 0 radical (unpaired) electrons. The van der Waals surface area contributed by atoms with E-state index in [0.717, 1.165) is 30.7 Å². The Morgan fingerprint density at radius 1 is 1.40 bits per heavy atom. The van der Waals surface area contributed by atoms with Gasteiger partial charge in [0.2, 0.25) is 0 Å². The molecule has 1 aliphatic heterocycles. The predicted octanol–water partition coefficient (Wildman–Crippen LogP) is 2.61. The Labute approximate surface area is 95.5 Å². The van der Waals surface area contributed by atoms with Crippen LogP contribution < -0.4 is 4.90 Å². The highest BCUT2D eigenvalue weighted by Gasteiger charge is 2.26. The maximum atomic E-state index is 6.02. The van der Waals surface area contributed by atoms with Crippen molar-refractivity contribution in [2.75, 3.05) is 18.0 Å². The van der Waals surface area contributed by atoms with Gasteiger partial charge in [-0.05, 0) is 18.3 Å². The summed E-state index contributed by atoms with van der Waals surface area (Å²) in [6.07, 6.45) is 4.55. The van der Waals surface area contributed by atoms with Crippen LogP contribution in [-0.4, -0.2) is 23.1 Å². The topological polar surface area (TPSA) is 29.0 Å². The lowest BCUT2D eigenvalue weighted by Gasteiger charge is -2.19. The molecule has 1 fully saturated rings. The zero-order valence-corrected chi connectivity index (χ0v) is 9.91. The molecule has 1 saturated heterocycles. The van der Waals surface area contributed by atoms with Gasteiger partial charge in [-0.15, -0.1) is 0 Å². The number of hydrogen-bond acceptors (Lipinski definition) is 3. The highest BCUT2D eigenvalue weighted by Crippen LogP contribution is 2.29. The number of nitrogens with zero attached hydrogens (tertiary/aromatic N) is 3. The largest absolute Gasteiger partial charge is 0.354 e. The summed E-state index contributed by atoms with van der Waals surface area (Å²) in [4.78, 5) is 10.6. The van der Waals surface area contributed by atoms with Crippen molar-refractivity contribution in [3.05, 3.63) is 17.5 Å². The fourth-order valence-electron chi connectivity index (χ4n) is 2.05. The van der Waals surface area contributed by atoms with Crippen LogP contribution in [0.3, 0.4) is 0 Å². The van der Waals surface area contributed by atoms with E-state index in [0.29, 0.717) is 5.15 Å². The number of hydrogen-bond donors (Lipinski definition) is 0. The van der Waals surface area contributed by atoms with Gasteiger partial charge in [-0.25, -0.2) is 9.97 Å². The molecule has 0 bridgehead atoms. The van der Waals surface area contributed by atoms with Crippen molar-refractivity contribution in [1.29, 1.82) is 0 Å². The summed E-state index contributed by atoms with van der Waals surface area (Å²) in [7, 11) is 0. The molecule has 15 heavy (non-hydrogen) atoms. The summed E-state index contributed by atoms with van der Waals surface area (Å²) in [5.74, 6) is 2.32. The molecule has 2 heterocycles. The zero-order valence-electron chi connectivity index (χ0n) is 9.15. The number of halogens is 1. The van der Waals surface area contributed by atoms with Gasteiger partial charge in [-0.3, -0.25) is 0 Å². The lowest BCUT2D eigenvalue weighted by atomic mass is 9.95. The summed E-state index contributed by atoms with van der Waals surface area (Å²) in [5.41, 5.74) is 0. The molecule has 1 aliphatic rings. The van der Waals surface area contributed by atoms with Crippen molar-refractivity contribution < 1.29 is 0 Å². The Balaban J connectivity index is 2.11. The summed E-state index contributed by atoms with van der Waals surface area (Å²) in [6.45, 7) is 6.64. The Morgan fingerprint density at radius 2 is 2.13 bits per heavy atom. The van der Waals surface area contributed by atoms with Crippen LogP contribution in [0.2, 0.25) is 5.15 Å². The van der Waals surface area contributed by atoms with Gasteiger partial charge < -0.3 is 4.90 Å². The van der Waals surface area contributed by atoms with Crippen molar-refractivity contribution in [3.8, 4) is 0 Å². The molecule has 0 amide bonds. The van der Waals surface area contributed by atoms with E-state index in [-0.39, 0.29) is 0 Å². The third-order valence-corrected chi connectivity index (χ3v) is 3.37. The average molecular weight is 226 g/mol. The van der Waals surface area contributed by atoms with Crippen LogP contribution in [-0.2, 0) is 0 Å². The first-order chi connectivity index (χ1) is 7.18. The zero-order chi connectivity index (χ0) is 10.8. The lowest BCUT2D eigenvalue weighted by molar-refractivity contribution is 0.422. The van der Waals surface area contributed by atoms with Crippen LogP contribution in [0.15, 0.2) is 12.4 Å². The molecular weight excluding hydrogens is 210 g/mol. The molecular formula is C11H16ClN3. The van der Waals surface area contributed by atoms with E-state index in [1.165, 1.54) is 6.42 Å². The van der Waals surface area contributed by atoms with Gasteiger partial charge in [0.25, 0.3) is 0 Å². The van der Waals surface area contributed by atoms with Gasteiger partial charge in [-0.2, -0.15) is 0 Å². The lowest BCUT2D eigenvalue weighted by Crippen LogP contribution is -2.22. The van der Waals surface area contributed by atoms with Crippen LogP contribution in [0.1, 0.15) is 20.3 Å². The molecule has 0 aromatic carbocycles. The molecule has 3 nitrogen and oxygen atoms in total. The first-order valence-corrected chi connectivity index (χ1v) is 5.77. The second kappa shape index (κ2) is 4.35. The minimum absolute atomic E-state index is 0.516. The van der Waals surface area contributed by atoms with Crippen LogP contribution in [0.5, 0.6) is 0 Å². The van der Waals surface area contributed by atoms with Crippen LogP contribution in [0.4, 0.5) is 5.82 Å². The normalized spacial score (nSPS) is 21.3. The fourth-order valence-corrected chi connectivity index (χ4v) is 2.27. The summed E-state index contributed by atoms with van der Waals surface area (Å²) in [5, 5.41) is 0.516. The molecule has 82 valence electrons. The second-order valence-corrected chi connectivity index (χ2v) is 4.77.